The minimum absolute atomic E-state index is 0. The molecule has 0 aliphatic heterocycles. The Hall–Kier alpha value is 0.840. The molecule has 0 fully saturated rings. The third-order valence-electron chi connectivity index (χ3n) is 6.84. The molecule has 0 aliphatic carbocycles. The summed E-state index contributed by atoms with van der Waals surface area (Å²) in [6, 6.07) is 0. The molecule has 0 heterocycles. The Balaban J connectivity index is 0. The summed E-state index contributed by atoms with van der Waals surface area (Å²) in [7, 11) is -4.05. The molecule has 0 saturated carbocycles. The van der Waals surface area contributed by atoms with Crippen LogP contribution in [0.25, 0.3) is 0 Å². The van der Waals surface area contributed by atoms with E-state index in [0.29, 0.717) is 12.8 Å². The molecule has 1 unspecified atom stereocenters. The monoisotopic (exact) mass is 530 g/mol. The van der Waals surface area contributed by atoms with Crippen LogP contribution in [0.2, 0.25) is 0 Å². The average Bonchev–Trinajstić information content (AvgIpc) is 2.82. The van der Waals surface area contributed by atoms with Crippen LogP contribution < -0.4 is 0 Å². The van der Waals surface area contributed by atoms with E-state index in [1.807, 2.05) is 0 Å². The van der Waals surface area contributed by atoms with Crippen LogP contribution >= 0.6 is 0 Å². The molecule has 6 heteroatoms. The van der Waals surface area contributed by atoms with Gasteiger partial charge in [-0.15, -0.1) is 0 Å². The summed E-state index contributed by atoms with van der Waals surface area (Å²) >= 11 is 0. The van der Waals surface area contributed by atoms with Crippen molar-refractivity contribution in [1.29, 1.82) is 0 Å². The first-order chi connectivity index (χ1) is 16.5. The third kappa shape index (κ3) is 27.7. The van der Waals surface area contributed by atoms with Crippen LogP contribution in [0, 0.1) is 0 Å². The number of rotatable bonds is 28. The van der Waals surface area contributed by atoms with Crippen molar-refractivity contribution in [2.75, 3.05) is 6.61 Å². The topological polar surface area (TPSA) is 43.4 Å². The average molecular weight is 531 g/mol. The number of hydrogen-bond acceptors (Lipinski definition) is 3. The molecule has 0 aromatic rings. The maximum atomic E-state index is 14.1. The van der Waals surface area contributed by atoms with Crippen LogP contribution in [0.5, 0.6) is 0 Å². The zero-order valence-electron chi connectivity index (χ0n) is 23.0. The Labute approximate surface area is 241 Å². The molecule has 0 rings (SSSR count). The van der Waals surface area contributed by atoms with Crippen molar-refractivity contribution in [2.45, 2.75) is 180 Å². The van der Waals surface area contributed by atoms with Crippen molar-refractivity contribution in [3.8, 4) is 0 Å². The second-order valence-corrected chi connectivity index (χ2v) is 12.0. The fraction of sp³-hybridized carbons (Fsp3) is 1.00. The molecule has 3 nitrogen and oxygen atoms in total. The molecular formula is C29H60FNaO3S. The van der Waals surface area contributed by atoms with E-state index in [4.69, 9.17) is 4.18 Å². The van der Waals surface area contributed by atoms with Crippen LogP contribution in [-0.4, -0.2) is 50.1 Å². The summed E-state index contributed by atoms with van der Waals surface area (Å²) in [6.45, 7) is 4.59. The van der Waals surface area contributed by atoms with Crippen LogP contribution in [0.1, 0.15) is 174 Å². The molecule has 0 aromatic carbocycles. The number of halogens is 1. The third-order valence-corrected chi connectivity index (χ3v) is 8.20. The van der Waals surface area contributed by atoms with E-state index >= 15 is 0 Å². The molecule has 0 aromatic heterocycles. The molecule has 0 bridgehead atoms. The number of hydrogen-bond donors (Lipinski definition) is 0. The van der Waals surface area contributed by atoms with E-state index in [9.17, 15) is 12.8 Å². The van der Waals surface area contributed by atoms with Crippen molar-refractivity contribution in [1.82, 2.24) is 0 Å². The first-order valence-corrected chi connectivity index (χ1v) is 16.5. The Morgan fingerprint density at radius 2 is 0.800 bits per heavy atom. The van der Waals surface area contributed by atoms with Gasteiger partial charge in [-0.05, 0) is 19.3 Å². The fourth-order valence-corrected chi connectivity index (χ4v) is 5.44. The van der Waals surface area contributed by atoms with Gasteiger partial charge in [0.15, 0.2) is 0 Å². The molecule has 0 saturated heterocycles. The van der Waals surface area contributed by atoms with E-state index < -0.39 is 15.6 Å². The molecule has 0 N–H and O–H groups in total. The molecule has 0 aliphatic rings. The van der Waals surface area contributed by atoms with Gasteiger partial charge in [-0.2, -0.15) is 8.42 Å². The van der Waals surface area contributed by atoms with Crippen molar-refractivity contribution in [3.05, 3.63) is 0 Å². The van der Waals surface area contributed by atoms with E-state index in [1.54, 1.807) is 0 Å². The van der Waals surface area contributed by atoms with Crippen molar-refractivity contribution in [2.24, 2.45) is 0 Å². The van der Waals surface area contributed by atoms with Crippen LogP contribution in [0.3, 0.4) is 0 Å². The normalized spacial score (nSPS) is 12.5. The quantitative estimate of drug-likeness (QED) is 0.0574. The summed E-state index contributed by atoms with van der Waals surface area (Å²) in [5.41, 5.74) is -1.87. The first-order valence-electron chi connectivity index (χ1n) is 15.1. The molecule has 0 spiro atoms. The first kappa shape index (κ1) is 38.0. The van der Waals surface area contributed by atoms with Gasteiger partial charge in [-0.25, -0.2) is 4.39 Å². The predicted octanol–water partition coefficient (Wildman–Crippen LogP) is 9.77. The Morgan fingerprint density at radius 3 is 1.14 bits per heavy atom. The van der Waals surface area contributed by atoms with Crippen molar-refractivity contribution >= 4 is 39.7 Å². The van der Waals surface area contributed by atoms with E-state index in [1.165, 1.54) is 116 Å². The molecule has 0 radical (unpaired) electrons. The standard InChI is InChI=1S/C29H59FO3S.Na.H/c1-3-5-7-9-11-13-14-15-16-17-18-19-20-22-24-26-28-33-34(31,32)29(30)27-25-23-21-12-10-8-6-4-2;;/h29H,3-28H2,1-2H3;;. The fourth-order valence-electron chi connectivity index (χ4n) is 4.48. The summed E-state index contributed by atoms with van der Waals surface area (Å²) in [6.07, 6.45) is 29.2. The summed E-state index contributed by atoms with van der Waals surface area (Å²) in [5, 5.41) is 0. The Bertz CT molecular complexity index is 502. The SMILES string of the molecule is CCCCCCCCCCCCCCCCCCOS(=O)(=O)C(F)CCCCCCCCCC.[NaH]. The van der Waals surface area contributed by atoms with Crippen molar-refractivity contribution < 1.29 is 17.0 Å². The summed E-state index contributed by atoms with van der Waals surface area (Å²) < 4.78 is 42.8. The molecule has 0 amide bonds. The number of unbranched alkanes of at least 4 members (excludes halogenated alkanes) is 22. The van der Waals surface area contributed by atoms with Gasteiger partial charge in [0.25, 0.3) is 10.1 Å². The maximum absolute atomic E-state index is 14.1. The van der Waals surface area contributed by atoms with Crippen molar-refractivity contribution in [3.63, 3.8) is 0 Å². The second kappa shape index (κ2) is 29.4. The van der Waals surface area contributed by atoms with E-state index in [2.05, 4.69) is 13.8 Å². The van der Waals surface area contributed by atoms with Gasteiger partial charge < -0.3 is 0 Å². The number of alkyl halides is 1. The van der Waals surface area contributed by atoms with Gasteiger partial charge >= 0.3 is 29.6 Å². The van der Waals surface area contributed by atoms with Gasteiger partial charge in [0.2, 0.25) is 5.50 Å². The zero-order valence-corrected chi connectivity index (χ0v) is 23.8. The molecule has 1 atom stereocenters. The van der Waals surface area contributed by atoms with Crippen LogP contribution in [0.4, 0.5) is 4.39 Å². The minimum atomic E-state index is -4.05. The second-order valence-electron chi connectivity index (χ2n) is 10.3. The van der Waals surface area contributed by atoms with Gasteiger partial charge in [-0.3, -0.25) is 4.18 Å². The molecular weight excluding hydrogens is 470 g/mol. The van der Waals surface area contributed by atoms with Gasteiger partial charge in [-0.1, -0.05) is 155 Å². The van der Waals surface area contributed by atoms with E-state index in [0.717, 1.165) is 25.7 Å². The molecule has 35 heavy (non-hydrogen) atoms. The van der Waals surface area contributed by atoms with E-state index in [-0.39, 0.29) is 42.6 Å². The van der Waals surface area contributed by atoms with Gasteiger partial charge in [0, 0.05) is 0 Å². The Morgan fingerprint density at radius 1 is 0.514 bits per heavy atom. The van der Waals surface area contributed by atoms with Crippen LogP contribution in [-0.2, 0) is 14.3 Å². The summed E-state index contributed by atoms with van der Waals surface area (Å²) in [4.78, 5) is 0. The predicted molar refractivity (Wildman–Crippen MR) is 154 cm³/mol. The van der Waals surface area contributed by atoms with Gasteiger partial charge in [0.05, 0.1) is 6.61 Å². The summed E-state index contributed by atoms with van der Waals surface area (Å²) in [5.74, 6) is 0. The van der Waals surface area contributed by atoms with Crippen LogP contribution in [0.15, 0.2) is 0 Å². The Kier molecular flexibility index (Phi) is 31.9. The molecule has 208 valence electrons. The van der Waals surface area contributed by atoms with Gasteiger partial charge in [0.1, 0.15) is 0 Å². The zero-order chi connectivity index (χ0) is 25.2.